The summed E-state index contributed by atoms with van der Waals surface area (Å²) in [6.45, 7) is 3.46. The topological polar surface area (TPSA) is 75.6 Å². The molecule has 5 nitrogen and oxygen atoms in total. The molecule has 1 amide bonds. The Bertz CT molecular complexity index is 734. The van der Waals surface area contributed by atoms with Crippen molar-refractivity contribution in [3.63, 3.8) is 0 Å². The van der Waals surface area contributed by atoms with Crippen LogP contribution >= 0.6 is 0 Å². The first-order chi connectivity index (χ1) is 11.5. The number of nitrogens with one attached hydrogen (secondary N) is 1. The quantitative estimate of drug-likeness (QED) is 0.654. The number of aromatic hydroxyl groups is 1. The van der Waals surface area contributed by atoms with Gasteiger partial charge >= 0.3 is 5.97 Å². The van der Waals surface area contributed by atoms with Crippen molar-refractivity contribution in [2.45, 2.75) is 20.0 Å². The molecule has 2 aromatic rings. The van der Waals surface area contributed by atoms with Gasteiger partial charge in [0.2, 0.25) is 0 Å². The summed E-state index contributed by atoms with van der Waals surface area (Å²) in [4.78, 5) is 24.5. The number of esters is 1. The minimum absolute atomic E-state index is 0.0308. The zero-order chi connectivity index (χ0) is 17.5. The zero-order valence-electron chi connectivity index (χ0n) is 13.5. The summed E-state index contributed by atoms with van der Waals surface area (Å²) in [6, 6.07) is 14.8. The van der Waals surface area contributed by atoms with Crippen LogP contribution < -0.4 is 5.32 Å². The molecular formula is C19H19NO4. The van der Waals surface area contributed by atoms with Gasteiger partial charge in [-0.3, -0.25) is 4.79 Å². The van der Waals surface area contributed by atoms with Gasteiger partial charge < -0.3 is 15.2 Å². The van der Waals surface area contributed by atoms with Gasteiger partial charge in [-0.25, -0.2) is 4.79 Å². The van der Waals surface area contributed by atoms with Crippen LogP contribution in [0.4, 0.5) is 0 Å². The van der Waals surface area contributed by atoms with E-state index in [2.05, 4.69) is 5.32 Å². The second kappa shape index (κ2) is 7.97. The molecule has 0 unspecified atom stereocenters. The van der Waals surface area contributed by atoms with Gasteiger partial charge in [-0.05, 0) is 49.8 Å². The lowest BCUT2D eigenvalue weighted by molar-refractivity contribution is -0.142. The molecule has 0 aliphatic carbocycles. The monoisotopic (exact) mass is 325 g/mol. The highest BCUT2D eigenvalue weighted by molar-refractivity contribution is 6.03. The molecule has 2 rings (SSSR count). The van der Waals surface area contributed by atoms with Crippen LogP contribution in [0.5, 0.6) is 5.75 Å². The Morgan fingerprint density at radius 2 is 1.67 bits per heavy atom. The molecule has 0 radical (unpaired) electrons. The van der Waals surface area contributed by atoms with Gasteiger partial charge in [0.25, 0.3) is 5.91 Å². The lowest BCUT2D eigenvalue weighted by atomic mass is 10.1. The van der Waals surface area contributed by atoms with Gasteiger partial charge in [0.05, 0.1) is 6.10 Å². The summed E-state index contributed by atoms with van der Waals surface area (Å²) in [5.41, 5.74) is 1.12. The Morgan fingerprint density at radius 1 is 1.04 bits per heavy atom. The first kappa shape index (κ1) is 17.3. The molecule has 124 valence electrons. The number of ether oxygens (including phenoxy) is 1. The molecule has 2 N–H and O–H groups in total. The van der Waals surface area contributed by atoms with Crippen LogP contribution in [-0.2, 0) is 9.53 Å². The van der Waals surface area contributed by atoms with E-state index in [9.17, 15) is 14.7 Å². The second-order valence-corrected chi connectivity index (χ2v) is 5.42. The molecule has 24 heavy (non-hydrogen) atoms. The van der Waals surface area contributed by atoms with Gasteiger partial charge in [0, 0.05) is 5.56 Å². The highest BCUT2D eigenvalue weighted by Crippen LogP contribution is 2.13. The summed E-state index contributed by atoms with van der Waals surface area (Å²) in [7, 11) is 0. The Balaban J connectivity index is 2.27. The van der Waals surface area contributed by atoms with Crippen molar-refractivity contribution in [2.24, 2.45) is 0 Å². The van der Waals surface area contributed by atoms with Crippen LogP contribution in [0.3, 0.4) is 0 Å². The van der Waals surface area contributed by atoms with E-state index in [0.717, 1.165) is 0 Å². The van der Waals surface area contributed by atoms with Crippen molar-refractivity contribution in [1.29, 1.82) is 0 Å². The first-order valence-electron chi connectivity index (χ1n) is 7.54. The van der Waals surface area contributed by atoms with Crippen LogP contribution in [-0.4, -0.2) is 23.1 Å². The van der Waals surface area contributed by atoms with E-state index in [-0.39, 0.29) is 17.6 Å². The highest BCUT2D eigenvalue weighted by atomic mass is 16.5. The molecule has 0 bridgehead atoms. The third-order valence-corrected chi connectivity index (χ3v) is 3.05. The number of carbonyl (C=O) groups excluding carboxylic acids is 2. The second-order valence-electron chi connectivity index (χ2n) is 5.42. The fraction of sp³-hybridized carbons (Fsp3) is 0.158. The molecule has 0 atom stereocenters. The smallest absolute Gasteiger partial charge is 0.355 e. The number of carbonyl (C=O) groups is 2. The average molecular weight is 325 g/mol. The highest BCUT2D eigenvalue weighted by Gasteiger charge is 2.17. The molecule has 0 saturated heterocycles. The summed E-state index contributed by atoms with van der Waals surface area (Å²) in [5.74, 6) is -0.907. The molecule has 0 heterocycles. The van der Waals surface area contributed by atoms with Gasteiger partial charge in [-0.1, -0.05) is 30.3 Å². The number of benzene rings is 2. The zero-order valence-corrected chi connectivity index (χ0v) is 13.5. The van der Waals surface area contributed by atoms with Crippen molar-refractivity contribution < 1.29 is 19.4 Å². The SMILES string of the molecule is CC(C)OC(=O)/C(=C/c1ccc(O)cc1)NC(=O)c1ccccc1. The number of phenols is 1. The number of hydrogen-bond donors (Lipinski definition) is 2. The summed E-state index contributed by atoms with van der Waals surface area (Å²) in [6.07, 6.45) is 1.19. The largest absolute Gasteiger partial charge is 0.508 e. The molecule has 0 aliphatic heterocycles. The number of phenolic OH excluding ortho intramolecular Hbond substituents is 1. The van der Waals surface area contributed by atoms with E-state index in [1.54, 1.807) is 56.3 Å². The van der Waals surface area contributed by atoms with Gasteiger partial charge in [-0.2, -0.15) is 0 Å². The maximum atomic E-state index is 12.3. The van der Waals surface area contributed by atoms with Crippen molar-refractivity contribution in [3.8, 4) is 5.75 Å². The average Bonchev–Trinajstić information content (AvgIpc) is 2.56. The molecule has 0 aliphatic rings. The fourth-order valence-electron chi connectivity index (χ4n) is 1.94. The minimum Gasteiger partial charge on any atom is -0.508 e. The standard InChI is InChI=1S/C19H19NO4/c1-13(2)24-19(23)17(12-14-8-10-16(21)11-9-14)20-18(22)15-6-4-3-5-7-15/h3-13,21H,1-2H3,(H,20,22)/b17-12-. The number of hydrogen-bond acceptors (Lipinski definition) is 4. The van der Waals surface area contributed by atoms with E-state index in [0.29, 0.717) is 11.1 Å². The van der Waals surface area contributed by atoms with E-state index in [1.807, 2.05) is 0 Å². The number of amides is 1. The van der Waals surface area contributed by atoms with Crippen molar-refractivity contribution >= 4 is 18.0 Å². The maximum Gasteiger partial charge on any atom is 0.355 e. The molecule has 5 heteroatoms. The third-order valence-electron chi connectivity index (χ3n) is 3.05. The van der Waals surface area contributed by atoms with E-state index >= 15 is 0 Å². The van der Waals surface area contributed by atoms with Crippen LogP contribution in [0, 0.1) is 0 Å². The van der Waals surface area contributed by atoms with Crippen molar-refractivity contribution in [1.82, 2.24) is 5.32 Å². The normalized spacial score (nSPS) is 11.2. The first-order valence-corrected chi connectivity index (χ1v) is 7.54. The third kappa shape index (κ3) is 4.98. The molecule has 0 saturated carbocycles. The van der Waals surface area contributed by atoms with Crippen molar-refractivity contribution in [2.75, 3.05) is 0 Å². The van der Waals surface area contributed by atoms with Crippen LogP contribution in [0.25, 0.3) is 6.08 Å². The van der Waals surface area contributed by atoms with Crippen molar-refractivity contribution in [3.05, 3.63) is 71.4 Å². The van der Waals surface area contributed by atoms with E-state index in [1.165, 1.54) is 18.2 Å². The summed E-state index contributed by atoms with van der Waals surface area (Å²) < 4.78 is 5.17. The van der Waals surface area contributed by atoms with Gasteiger partial charge in [-0.15, -0.1) is 0 Å². The van der Waals surface area contributed by atoms with Gasteiger partial charge in [0.1, 0.15) is 11.4 Å². The summed E-state index contributed by atoms with van der Waals surface area (Å²) >= 11 is 0. The molecule has 0 spiro atoms. The fourth-order valence-corrected chi connectivity index (χ4v) is 1.94. The molecular weight excluding hydrogens is 306 g/mol. The van der Waals surface area contributed by atoms with Crippen LogP contribution in [0.2, 0.25) is 0 Å². The predicted octanol–water partition coefficient (Wildman–Crippen LogP) is 3.11. The Labute approximate surface area is 140 Å². The Hall–Kier alpha value is -3.08. The molecule has 0 fully saturated rings. The van der Waals surface area contributed by atoms with E-state index in [4.69, 9.17) is 4.74 Å². The lowest BCUT2D eigenvalue weighted by Crippen LogP contribution is -2.29. The van der Waals surface area contributed by atoms with Gasteiger partial charge in [0.15, 0.2) is 0 Å². The number of rotatable bonds is 5. The molecule has 2 aromatic carbocycles. The van der Waals surface area contributed by atoms with E-state index < -0.39 is 11.9 Å². The molecule has 0 aromatic heterocycles. The Kier molecular flexibility index (Phi) is 5.73. The lowest BCUT2D eigenvalue weighted by Gasteiger charge is -2.12. The summed E-state index contributed by atoms with van der Waals surface area (Å²) in [5, 5.41) is 11.9. The minimum atomic E-state index is -0.623. The maximum absolute atomic E-state index is 12.3. The predicted molar refractivity (Wildman–Crippen MR) is 91.2 cm³/mol. The Morgan fingerprint density at radius 3 is 2.25 bits per heavy atom. The van der Waals surface area contributed by atoms with Crippen LogP contribution in [0.15, 0.2) is 60.3 Å². The van der Waals surface area contributed by atoms with Crippen LogP contribution in [0.1, 0.15) is 29.8 Å².